The third-order valence-electron chi connectivity index (χ3n) is 22.2. The third kappa shape index (κ3) is 21.7. The molecule has 0 radical (unpaired) electrons. The number of ether oxygens (including phenoxy) is 1. The molecule has 3 aliphatic heterocycles. The molecule has 0 aromatic heterocycles. The van der Waals surface area contributed by atoms with Crippen LogP contribution in [0, 0.1) is 17.8 Å². The number of likely N-dealkylation sites (N-methyl/N-ethyl adjacent to an activating group) is 7. The first-order valence-electron chi connectivity index (χ1n) is 36.8. The molecular weight excluding hydrogens is 1390 g/mol. The molecule has 7 rings (SSSR count). The number of nitrogens with zero attached hydrogens (tertiary/aromatic N) is 9. The second-order valence-electron chi connectivity index (χ2n) is 29.7. The number of halogens is 7. The van der Waals surface area contributed by atoms with Crippen LogP contribution in [0.5, 0.6) is 0 Å². The first-order chi connectivity index (χ1) is 49.0. The number of carbonyl (C=O) groups is 12. The number of rotatable bonds is 12. The van der Waals surface area contributed by atoms with Crippen molar-refractivity contribution in [1.29, 1.82) is 0 Å². The van der Waals surface area contributed by atoms with Gasteiger partial charge < -0.3 is 64.8 Å². The molecule has 0 bridgehead atoms. The van der Waals surface area contributed by atoms with E-state index in [2.05, 4.69) is 16.0 Å². The van der Waals surface area contributed by atoms with Gasteiger partial charge in [0.05, 0.1) is 43.2 Å². The SMILES string of the molecule is CC[C@H](C)[C@@H]1NC(=O)[C@H](COCC(F)(F)F)N(C)C(=O)C[C@@H](C(=O)N2CCCCC2)N(C)C(=O)[C@H](C2CCCCC2)N(C)C(=O)C2(CCCC2)NC(=O)C2CCCN2C(=O)[C@H](CCc2ccc(C(F)(F)F)c(Cl)c2)NC(=O)CN(C)C(=O)[C@H](CC2CCCCC2)N(C)C(=O)CN(C)C(=O)CN(C)C1=O. The fourth-order valence-corrected chi connectivity index (χ4v) is 15.9. The van der Waals surface area contributed by atoms with E-state index >= 15 is 28.8 Å². The van der Waals surface area contributed by atoms with Crippen LogP contribution in [-0.4, -0.2) is 271 Å². The summed E-state index contributed by atoms with van der Waals surface area (Å²) in [5.41, 5.74) is -2.48. The predicted molar refractivity (Wildman–Crippen MR) is 371 cm³/mol. The van der Waals surface area contributed by atoms with E-state index in [9.17, 15) is 55.1 Å². The Morgan fingerprint density at radius 1 is 0.625 bits per heavy atom. The Morgan fingerprint density at radius 2 is 1.22 bits per heavy atom. The van der Waals surface area contributed by atoms with Gasteiger partial charge in [-0.3, -0.25) is 57.5 Å². The number of aryl methyl sites for hydroxylation is 1. The highest BCUT2D eigenvalue weighted by molar-refractivity contribution is 6.31. The molecule has 3 N–H and O–H groups in total. The summed E-state index contributed by atoms with van der Waals surface area (Å²) in [5, 5.41) is 7.76. The van der Waals surface area contributed by atoms with Crippen LogP contribution in [0.2, 0.25) is 5.02 Å². The molecule has 1 spiro atoms. The lowest BCUT2D eigenvalue weighted by Crippen LogP contribution is -2.65. The lowest BCUT2D eigenvalue weighted by atomic mass is 9.81. The van der Waals surface area contributed by atoms with E-state index in [1.807, 2.05) is 0 Å². The molecule has 6 fully saturated rings. The van der Waals surface area contributed by atoms with Crippen LogP contribution in [0.25, 0.3) is 0 Å². The number of carbonyl (C=O) groups excluding carboxylic acids is 12. The molecular formula is C72H107ClF6N12O13. The number of alkyl halides is 6. The summed E-state index contributed by atoms with van der Waals surface area (Å²) < 4.78 is 88.1. The Balaban J connectivity index is 1.30. The van der Waals surface area contributed by atoms with Gasteiger partial charge >= 0.3 is 12.4 Å². The quantitative estimate of drug-likeness (QED) is 0.204. The van der Waals surface area contributed by atoms with Crippen LogP contribution >= 0.6 is 11.6 Å². The van der Waals surface area contributed by atoms with Crippen LogP contribution < -0.4 is 16.0 Å². The highest BCUT2D eigenvalue weighted by Crippen LogP contribution is 2.39. The molecule has 582 valence electrons. The van der Waals surface area contributed by atoms with Crippen molar-refractivity contribution >= 4 is 82.5 Å². The molecule has 1 unspecified atom stereocenters. The first kappa shape index (κ1) is 84.0. The van der Waals surface area contributed by atoms with E-state index in [0.29, 0.717) is 51.4 Å². The summed E-state index contributed by atoms with van der Waals surface area (Å²) in [7, 11) is 9.13. The highest BCUT2D eigenvalue weighted by Gasteiger charge is 2.52. The molecule has 3 saturated heterocycles. The van der Waals surface area contributed by atoms with Gasteiger partial charge in [0.1, 0.15) is 54.4 Å². The molecule has 6 aliphatic rings. The van der Waals surface area contributed by atoms with Gasteiger partial charge in [-0.2, -0.15) is 26.3 Å². The molecule has 12 amide bonds. The number of nitrogens with one attached hydrogen (secondary N) is 3. The van der Waals surface area contributed by atoms with Gasteiger partial charge in [0.2, 0.25) is 70.9 Å². The van der Waals surface area contributed by atoms with Crippen molar-refractivity contribution in [3.05, 3.63) is 34.3 Å². The lowest BCUT2D eigenvalue weighted by molar-refractivity contribution is -0.179. The Kier molecular flexibility index (Phi) is 30.1. The Morgan fingerprint density at radius 3 is 1.83 bits per heavy atom. The van der Waals surface area contributed by atoms with E-state index in [1.54, 1.807) is 13.8 Å². The topological polar surface area (TPSA) is 279 Å². The van der Waals surface area contributed by atoms with Gasteiger partial charge in [-0.05, 0) is 112 Å². The molecule has 32 heteroatoms. The van der Waals surface area contributed by atoms with Gasteiger partial charge in [0.25, 0.3) is 0 Å². The van der Waals surface area contributed by atoms with Crippen LogP contribution in [0.15, 0.2) is 18.2 Å². The largest absolute Gasteiger partial charge is 0.417 e. The number of hydrogen-bond donors (Lipinski definition) is 3. The molecule has 8 atom stereocenters. The number of benzene rings is 1. The van der Waals surface area contributed by atoms with Crippen molar-refractivity contribution < 1.29 is 88.6 Å². The van der Waals surface area contributed by atoms with E-state index in [4.69, 9.17) is 16.3 Å². The maximum Gasteiger partial charge on any atom is 0.417 e. The normalized spacial score (nSPS) is 26.5. The zero-order chi connectivity index (χ0) is 76.7. The van der Waals surface area contributed by atoms with Crippen LogP contribution in [0.4, 0.5) is 26.3 Å². The van der Waals surface area contributed by atoms with Crippen LogP contribution in [0.1, 0.15) is 173 Å². The zero-order valence-corrected chi connectivity index (χ0v) is 62.4. The van der Waals surface area contributed by atoms with Crippen LogP contribution in [-0.2, 0) is 74.9 Å². The van der Waals surface area contributed by atoms with E-state index in [0.717, 1.165) is 88.6 Å². The van der Waals surface area contributed by atoms with Gasteiger partial charge in [0, 0.05) is 69.0 Å². The summed E-state index contributed by atoms with van der Waals surface area (Å²) >= 11 is 6.15. The number of likely N-dealkylation sites (tertiary alicyclic amines) is 1. The first-order valence-corrected chi connectivity index (χ1v) is 37.2. The van der Waals surface area contributed by atoms with Gasteiger partial charge in [-0.1, -0.05) is 102 Å². The second kappa shape index (κ2) is 37.3. The monoisotopic (exact) mass is 1500 g/mol. The average Bonchev–Trinajstić information content (AvgIpc) is 1.41. The number of amides is 12. The average molecular weight is 1500 g/mol. The van der Waals surface area contributed by atoms with E-state index < -0.39 is 193 Å². The highest BCUT2D eigenvalue weighted by atomic mass is 35.5. The molecule has 3 heterocycles. The molecule has 1 aromatic rings. The number of piperidine rings is 1. The van der Waals surface area contributed by atoms with Crippen LogP contribution in [0.3, 0.4) is 0 Å². The molecule has 1 aromatic carbocycles. The summed E-state index contributed by atoms with van der Waals surface area (Å²) in [6, 6.07) is -7.12. The molecule has 104 heavy (non-hydrogen) atoms. The molecule has 25 nitrogen and oxygen atoms in total. The summed E-state index contributed by atoms with van der Waals surface area (Å²) in [6.07, 6.45) is 0.146. The van der Waals surface area contributed by atoms with Crippen molar-refractivity contribution in [3.63, 3.8) is 0 Å². The fourth-order valence-electron chi connectivity index (χ4n) is 15.6. The van der Waals surface area contributed by atoms with Gasteiger partial charge in [-0.25, -0.2) is 0 Å². The zero-order valence-electron chi connectivity index (χ0n) is 61.6. The van der Waals surface area contributed by atoms with Gasteiger partial charge in [-0.15, -0.1) is 0 Å². The fraction of sp³-hybridized carbons (Fsp3) is 0.750. The van der Waals surface area contributed by atoms with Crippen molar-refractivity contribution in [2.75, 3.05) is 102 Å². The lowest BCUT2D eigenvalue weighted by Gasteiger charge is -2.43. The van der Waals surface area contributed by atoms with Crippen molar-refractivity contribution in [1.82, 2.24) is 60.0 Å². The molecule has 3 saturated carbocycles. The van der Waals surface area contributed by atoms with Crippen molar-refractivity contribution in [2.45, 2.75) is 228 Å². The Labute approximate surface area is 610 Å². The number of hydrogen-bond acceptors (Lipinski definition) is 13. The van der Waals surface area contributed by atoms with Crippen molar-refractivity contribution in [3.8, 4) is 0 Å². The van der Waals surface area contributed by atoms with E-state index in [1.165, 1.54) is 68.0 Å². The second-order valence-corrected chi connectivity index (χ2v) is 30.1. The minimum Gasteiger partial charge on any atom is -0.369 e. The Hall–Kier alpha value is -7.31. The van der Waals surface area contributed by atoms with Crippen molar-refractivity contribution in [2.24, 2.45) is 17.8 Å². The summed E-state index contributed by atoms with van der Waals surface area (Å²) in [6.45, 7) is -1.09. The summed E-state index contributed by atoms with van der Waals surface area (Å²) in [5.74, 6) is -10.8. The standard InChI is InChI=1S/C72H107ClF6N12O13/c1-10-45(2)60-67(101)85(5)41-58(94)83(3)42-59(95)86(6)53(38-46-23-14-11-15-24-46)65(99)84(4)40-56(92)80-51(31-29-47-28-30-49(50(73)37-47)72(77,78)79)64(98)91-36-22-27-52(91)63(97)82-70(32-18-19-33-70)69(103)89(9)61(48-25-16-12-17-26-48)68(102)88(8)54(66(100)90-34-20-13-21-35-90)39-57(93)87(7)55(62(96)81-60)43-104-44-71(74,75)76/h28,30,37,45-46,48,51-55,60-61H,10-27,29,31-36,38-44H2,1-9H3,(H,80,92)(H,81,96)(H,82,97)/t45-,51-,52?,53-,54-,55-,60-,61-/m0/s1. The number of fused-ring (bicyclic) bond motifs is 1. The maximum absolute atomic E-state index is 15.8. The smallest absolute Gasteiger partial charge is 0.369 e. The minimum absolute atomic E-state index is 0.00789. The molecule has 3 aliphatic carbocycles. The van der Waals surface area contributed by atoms with Gasteiger partial charge in [0.15, 0.2) is 0 Å². The maximum atomic E-state index is 15.8. The summed E-state index contributed by atoms with van der Waals surface area (Å²) in [4.78, 5) is 189. The third-order valence-corrected chi connectivity index (χ3v) is 22.5. The predicted octanol–water partition coefficient (Wildman–Crippen LogP) is 5.96. The Bertz CT molecular complexity index is 3230. The minimum atomic E-state index is -4.90. The van der Waals surface area contributed by atoms with E-state index in [-0.39, 0.29) is 82.5 Å².